The average Bonchev–Trinajstić information content (AvgIpc) is 3.12. The van der Waals surface area contributed by atoms with Gasteiger partial charge in [0.25, 0.3) is 5.56 Å². The van der Waals surface area contributed by atoms with Crippen LogP contribution in [-0.4, -0.2) is 41.7 Å². The van der Waals surface area contributed by atoms with Crippen LogP contribution in [0.1, 0.15) is 13.3 Å². The summed E-state index contributed by atoms with van der Waals surface area (Å²) in [6, 6.07) is 6.78. The number of nitrogens with one attached hydrogen (secondary N) is 1. The molecule has 0 spiro atoms. The third-order valence-electron chi connectivity index (χ3n) is 3.86. The van der Waals surface area contributed by atoms with Crippen molar-refractivity contribution < 1.29 is 9.47 Å². The van der Waals surface area contributed by atoms with Gasteiger partial charge in [-0.25, -0.2) is 0 Å². The van der Waals surface area contributed by atoms with Gasteiger partial charge in [-0.1, -0.05) is 23.2 Å². The predicted octanol–water partition coefficient (Wildman–Crippen LogP) is 3.15. The summed E-state index contributed by atoms with van der Waals surface area (Å²) < 4.78 is 12.3. The topological polar surface area (TPSA) is 65.4 Å². The second kappa shape index (κ2) is 8.19. The maximum atomic E-state index is 12.5. The quantitative estimate of drug-likeness (QED) is 0.829. The van der Waals surface area contributed by atoms with Gasteiger partial charge in [0.15, 0.2) is 0 Å². The third kappa shape index (κ3) is 4.52. The van der Waals surface area contributed by atoms with E-state index in [2.05, 4.69) is 10.4 Å². The lowest BCUT2D eigenvalue weighted by Gasteiger charge is -2.18. The molecule has 0 saturated carbocycles. The van der Waals surface area contributed by atoms with Crippen LogP contribution in [0.2, 0.25) is 10.0 Å². The van der Waals surface area contributed by atoms with Crippen molar-refractivity contribution in [3.63, 3.8) is 0 Å². The summed E-state index contributed by atoms with van der Waals surface area (Å²) >= 11 is 12.1. The lowest BCUT2D eigenvalue weighted by molar-refractivity contribution is 0.0395. The number of hydrogen-bond acceptors (Lipinski definition) is 5. The van der Waals surface area contributed by atoms with Crippen LogP contribution in [0, 0.1) is 0 Å². The predicted molar refractivity (Wildman–Crippen MR) is 98.1 cm³/mol. The Hall–Kier alpha value is -1.60. The minimum atomic E-state index is -0.397. The molecular formula is C17H19Cl2N3O3. The van der Waals surface area contributed by atoms with Gasteiger partial charge in [-0.15, -0.1) is 0 Å². The first-order chi connectivity index (χ1) is 12.0. The van der Waals surface area contributed by atoms with Gasteiger partial charge in [0.1, 0.15) is 5.02 Å². The van der Waals surface area contributed by atoms with Crippen molar-refractivity contribution in [3.05, 3.63) is 50.9 Å². The smallest absolute Gasteiger partial charge is 0.292 e. The zero-order valence-electron chi connectivity index (χ0n) is 13.7. The van der Waals surface area contributed by atoms with Crippen molar-refractivity contribution in [2.45, 2.75) is 25.5 Å². The third-order valence-corrected chi connectivity index (χ3v) is 4.48. The fourth-order valence-electron chi connectivity index (χ4n) is 2.53. The molecule has 1 aliphatic heterocycles. The number of nitrogens with zero attached hydrogens (tertiary/aromatic N) is 2. The maximum Gasteiger partial charge on any atom is 0.292 e. The van der Waals surface area contributed by atoms with Gasteiger partial charge in [0.05, 0.1) is 36.9 Å². The monoisotopic (exact) mass is 383 g/mol. The van der Waals surface area contributed by atoms with Crippen LogP contribution in [0.5, 0.6) is 0 Å². The van der Waals surface area contributed by atoms with Crippen molar-refractivity contribution >= 4 is 28.9 Å². The van der Waals surface area contributed by atoms with Gasteiger partial charge in [0, 0.05) is 17.7 Å². The Balaban J connectivity index is 1.69. The van der Waals surface area contributed by atoms with Crippen LogP contribution in [0.15, 0.2) is 35.3 Å². The molecule has 1 aromatic carbocycles. The Morgan fingerprint density at radius 3 is 2.84 bits per heavy atom. The average molecular weight is 384 g/mol. The van der Waals surface area contributed by atoms with E-state index < -0.39 is 5.56 Å². The van der Waals surface area contributed by atoms with E-state index in [9.17, 15) is 4.79 Å². The minimum Gasteiger partial charge on any atom is -0.379 e. The Bertz CT molecular complexity index is 774. The van der Waals surface area contributed by atoms with Crippen LogP contribution in [0.4, 0.5) is 5.69 Å². The summed E-state index contributed by atoms with van der Waals surface area (Å²) in [5, 5.41) is 8.02. The minimum absolute atomic E-state index is 0.0225. The molecule has 134 valence electrons. The summed E-state index contributed by atoms with van der Waals surface area (Å²) in [4.78, 5) is 12.5. The first-order valence-electron chi connectivity index (χ1n) is 8.04. The molecule has 2 atom stereocenters. The van der Waals surface area contributed by atoms with Gasteiger partial charge < -0.3 is 14.8 Å². The van der Waals surface area contributed by atoms with Crippen LogP contribution in [0.3, 0.4) is 0 Å². The Morgan fingerprint density at radius 2 is 2.16 bits per heavy atom. The summed E-state index contributed by atoms with van der Waals surface area (Å²) in [7, 11) is 0. The lowest BCUT2D eigenvalue weighted by Crippen LogP contribution is -2.28. The number of hydrogen-bond donors (Lipinski definition) is 1. The molecular weight excluding hydrogens is 365 g/mol. The highest BCUT2D eigenvalue weighted by molar-refractivity contribution is 6.33. The first-order valence-corrected chi connectivity index (χ1v) is 8.80. The molecule has 1 aliphatic rings. The number of benzene rings is 1. The lowest BCUT2D eigenvalue weighted by atomic mass is 10.3. The molecule has 6 nitrogen and oxygen atoms in total. The molecule has 8 heteroatoms. The Morgan fingerprint density at radius 1 is 1.40 bits per heavy atom. The summed E-state index contributed by atoms with van der Waals surface area (Å²) in [6.07, 6.45) is 2.58. The van der Waals surface area contributed by atoms with Gasteiger partial charge in [-0.05, 0) is 37.6 Å². The second-order valence-electron chi connectivity index (χ2n) is 5.93. The van der Waals surface area contributed by atoms with Crippen LogP contribution < -0.4 is 10.9 Å². The van der Waals surface area contributed by atoms with Gasteiger partial charge in [-0.3, -0.25) is 4.79 Å². The highest BCUT2D eigenvalue weighted by atomic mass is 35.5. The molecule has 3 rings (SSSR count). The zero-order valence-corrected chi connectivity index (χ0v) is 15.3. The van der Waals surface area contributed by atoms with Crippen molar-refractivity contribution in [1.82, 2.24) is 9.78 Å². The molecule has 0 bridgehead atoms. The largest absolute Gasteiger partial charge is 0.379 e. The molecule has 1 aromatic heterocycles. The van der Waals surface area contributed by atoms with Gasteiger partial charge in [0.2, 0.25) is 0 Å². The molecule has 1 saturated heterocycles. The number of rotatable bonds is 6. The highest BCUT2D eigenvalue weighted by Crippen LogP contribution is 2.19. The molecule has 0 aliphatic carbocycles. The number of halogens is 2. The van der Waals surface area contributed by atoms with E-state index in [1.54, 1.807) is 24.3 Å². The first kappa shape index (κ1) is 18.2. The Kier molecular flexibility index (Phi) is 5.96. The number of ether oxygens (including phenoxy) is 2. The van der Waals surface area contributed by atoms with Crippen LogP contribution >= 0.6 is 23.2 Å². The Labute approximate surface area is 155 Å². The summed E-state index contributed by atoms with van der Waals surface area (Å²) in [5.74, 6) is 0. The van der Waals surface area contributed by atoms with E-state index >= 15 is 0 Å². The molecule has 25 heavy (non-hydrogen) atoms. The second-order valence-corrected chi connectivity index (χ2v) is 6.74. The fourth-order valence-corrected chi connectivity index (χ4v) is 2.84. The van der Waals surface area contributed by atoms with E-state index in [1.165, 1.54) is 10.9 Å². The van der Waals surface area contributed by atoms with Crippen molar-refractivity contribution in [1.29, 1.82) is 0 Å². The molecule has 2 heterocycles. The molecule has 0 radical (unpaired) electrons. The molecule has 0 amide bonds. The standard InChI is InChI=1S/C17H19Cl2N3O3/c1-11(9-25-14-6-7-24-10-14)21-15-8-20-22(17(23)16(15)19)13-4-2-12(18)3-5-13/h2-5,8,11,14,21H,6-7,9-10H2,1H3. The van der Waals surface area contributed by atoms with E-state index in [-0.39, 0.29) is 17.2 Å². The van der Waals surface area contributed by atoms with Crippen molar-refractivity contribution in [3.8, 4) is 5.69 Å². The highest BCUT2D eigenvalue weighted by Gasteiger charge is 2.18. The molecule has 1 fully saturated rings. The van der Waals surface area contributed by atoms with Crippen LogP contribution in [0.25, 0.3) is 5.69 Å². The van der Waals surface area contributed by atoms with Crippen molar-refractivity contribution in [2.24, 2.45) is 0 Å². The molecule has 2 unspecified atom stereocenters. The van der Waals surface area contributed by atoms with Crippen LogP contribution in [-0.2, 0) is 9.47 Å². The normalized spacial score (nSPS) is 18.3. The van der Waals surface area contributed by atoms with Crippen molar-refractivity contribution in [2.75, 3.05) is 25.1 Å². The maximum absolute atomic E-state index is 12.5. The van der Waals surface area contributed by atoms with E-state index in [1.807, 2.05) is 6.92 Å². The summed E-state index contributed by atoms with van der Waals surface area (Å²) in [5.41, 5.74) is 0.683. The summed E-state index contributed by atoms with van der Waals surface area (Å²) in [6.45, 7) is 3.82. The van der Waals surface area contributed by atoms with Gasteiger partial charge >= 0.3 is 0 Å². The molecule has 2 aromatic rings. The van der Waals surface area contributed by atoms with E-state index in [4.69, 9.17) is 32.7 Å². The van der Waals surface area contributed by atoms with E-state index in [0.717, 1.165) is 13.0 Å². The van der Waals surface area contributed by atoms with E-state index in [0.29, 0.717) is 29.6 Å². The number of aromatic nitrogens is 2. The van der Waals surface area contributed by atoms with Gasteiger partial charge in [-0.2, -0.15) is 9.78 Å². The number of anilines is 1. The fraction of sp³-hybridized carbons (Fsp3) is 0.412. The molecule has 1 N–H and O–H groups in total. The zero-order chi connectivity index (χ0) is 17.8. The SMILES string of the molecule is CC(COC1CCOC1)Nc1cnn(-c2ccc(Cl)cc2)c(=O)c1Cl.